The molecule has 2 aromatic rings. The van der Waals surface area contributed by atoms with E-state index in [9.17, 15) is 14.9 Å². The monoisotopic (exact) mass is 275 g/mol. The van der Waals surface area contributed by atoms with E-state index in [1.165, 1.54) is 23.5 Å². The molecule has 1 fully saturated rings. The van der Waals surface area contributed by atoms with Gasteiger partial charge in [0.25, 0.3) is 5.69 Å². The zero-order valence-electron chi connectivity index (χ0n) is 9.68. The first-order chi connectivity index (χ1) is 9.16. The molecule has 1 aromatic carbocycles. The SMILES string of the molecule is O=C(c1cccs1)[C@@H]1O[C@H]1c1ccc([N+](=O)[O-])cc1. The predicted molar refractivity (Wildman–Crippen MR) is 69.4 cm³/mol. The van der Waals surface area contributed by atoms with Crippen molar-refractivity contribution in [2.24, 2.45) is 0 Å². The van der Waals surface area contributed by atoms with Gasteiger partial charge in [0.2, 0.25) is 5.78 Å². The summed E-state index contributed by atoms with van der Waals surface area (Å²) in [6.45, 7) is 0. The molecule has 0 N–H and O–H groups in total. The molecule has 2 heterocycles. The van der Waals surface area contributed by atoms with E-state index in [-0.39, 0.29) is 17.6 Å². The number of carbonyl (C=O) groups is 1. The van der Waals surface area contributed by atoms with Crippen LogP contribution in [0.4, 0.5) is 5.69 Å². The molecule has 0 unspecified atom stereocenters. The second-order valence-corrected chi connectivity index (χ2v) is 5.12. The summed E-state index contributed by atoms with van der Waals surface area (Å²) in [5.41, 5.74) is 0.825. The summed E-state index contributed by atoms with van der Waals surface area (Å²) < 4.78 is 5.38. The van der Waals surface area contributed by atoms with Gasteiger partial charge < -0.3 is 4.74 Å². The summed E-state index contributed by atoms with van der Waals surface area (Å²) in [4.78, 5) is 22.8. The number of ketones is 1. The largest absolute Gasteiger partial charge is 0.356 e. The van der Waals surface area contributed by atoms with E-state index in [2.05, 4.69) is 0 Å². The van der Waals surface area contributed by atoms with Gasteiger partial charge in [-0.3, -0.25) is 14.9 Å². The molecule has 1 aromatic heterocycles. The van der Waals surface area contributed by atoms with Crippen LogP contribution in [0.2, 0.25) is 0 Å². The molecule has 2 atom stereocenters. The van der Waals surface area contributed by atoms with E-state index in [4.69, 9.17) is 4.74 Å². The Bertz CT molecular complexity index is 621. The van der Waals surface area contributed by atoms with Gasteiger partial charge in [0.15, 0.2) is 6.10 Å². The predicted octanol–water partition coefficient (Wildman–Crippen LogP) is 2.98. The van der Waals surface area contributed by atoms with E-state index in [0.717, 1.165) is 5.56 Å². The molecule has 1 aliphatic heterocycles. The highest BCUT2D eigenvalue weighted by atomic mass is 32.1. The standard InChI is InChI=1S/C13H9NO4S/c15-11(10-2-1-7-19-10)13-12(18-13)8-3-5-9(6-4-8)14(16)17/h1-7,12-13H/t12-,13-/m0/s1. The number of non-ortho nitro benzene ring substituents is 1. The van der Waals surface area contributed by atoms with Gasteiger partial charge in [-0.25, -0.2) is 0 Å². The Morgan fingerprint density at radius 1 is 1.26 bits per heavy atom. The van der Waals surface area contributed by atoms with E-state index in [1.807, 2.05) is 11.4 Å². The van der Waals surface area contributed by atoms with Crippen LogP contribution in [0.1, 0.15) is 21.3 Å². The van der Waals surface area contributed by atoms with E-state index in [0.29, 0.717) is 4.88 Å². The van der Waals surface area contributed by atoms with E-state index < -0.39 is 11.0 Å². The minimum Gasteiger partial charge on any atom is -0.356 e. The number of hydrogen-bond donors (Lipinski definition) is 0. The lowest BCUT2D eigenvalue weighted by atomic mass is 10.1. The summed E-state index contributed by atoms with van der Waals surface area (Å²) in [5, 5.41) is 12.4. The maximum Gasteiger partial charge on any atom is 0.269 e. The quantitative estimate of drug-likeness (QED) is 0.372. The van der Waals surface area contributed by atoms with Gasteiger partial charge in [-0.15, -0.1) is 11.3 Å². The van der Waals surface area contributed by atoms with Crippen LogP contribution in [0, 0.1) is 10.1 Å². The first kappa shape index (κ1) is 12.0. The highest BCUT2D eigenvalue weighted by molar-refractivity contribution is 7.12. The fraction of sp³-hybridized carbons (Fsp3) is 0.154. The van der Waals surface area contributed by atoms with Crippen LogP contribution in [0.3, 0.4) is 0 Å². The summed E-state index contributed by atoms with van der Waals surface area (Å²) in [6.07, 6.45) is -0.740. The van der Waals surface area contributed by atoms with Crippen LogP contribution >= 0.6 is 11.3 Å². The molecule has 5 nitrogen and oxygen atoms in total. The molecule has 19 heavy (non-hydrogen) atoms. The number of ether oxygens (including phenoxy) is 1. The maximum atomic E-state index is 12.0. The second-order valence-electron chi connectivity index (χ2n) is 4.17. The number of hydrogen-bond acceptors (Lipinski definition) is 5. The molecule has 0 aliphatic carbocycles. The summed E-state index contributed by atoms with van der Waals surface area (Å²) >= 11 is 1.38. The first-order valence-electron chi connectivity index (χ1n) is 5.64. The lowest BCUT2D eigenvalue weighted by molar-refractivity contribution is -0.384. The van der Waals surface area contributed by atoms with Gasteiger partial charge in [0.05, 0.1) is 9.80 Å². The molecule has 1 aliphatic rings. The van der Waals surface area contributed by atoms with Crippen LogP contribution in [0.25, 0.3) is 0 Å². The van der Waals surface area contributed by atoms with E-state index >= 15 is 0 Å². The van der Waals surface area contributed by atoms with Crippen LogP contribution in [-0.4, -0.2) is 16.8 Å². The van der Waals surface area contributed by atoms with E-state index in [1.54, 1.807) is 18.2 Å². The van der Waals surface area contributed by atoms with Crippen LogP contribution in [0.5, 0.6) is 0 Å². The lowest BCUT2D eigenvalue weighted by Crippen LogP contribution is -2.05. The zero-order chi connectivity index (χ0) is 13.4. The zero-order valence-corrected chi connectivity index (χ0v) is 10.5. The number of epoxide rings is 1. The summed E-state index contributed by atoms with van der Waals surface area (Å²) in [6, 6.07) is 9.69. The Labute approximate surface area is 112 Å². The van der Waals surface area contributed by atoms with Crippen molar-refractivity contribution in [2.75, 3.05) is 0 Å². The third-order valence-corrected chi connectivity index (χ3v) is 3.83. The average molecular weight is 275 g/mol. The van der Waals surface area contributed by atoms with Crippen molar-refractivity contribution < 1.29 is 14.5 Å². The third-order valence-electron chi connectivity index (χ3n) is 2.95. The van der Waals surface area contributed by atoms with Crippen LogP contribution in [0.15, 0.2) is 41.8 Å². The number of nitro groups is 1. The second kappa shape index (κ2) is 4.56. The molecule has 0 radical (unpaired) electrons. The molecule has 0 amide bonds. The lowest BCUT2D eigenvalue weighted by Gasteiger charge is -1.95. The first-order valence-corrected chi connectivity index (χ1v) is 6.52. The van der Waals surface area contributed by atoms with Gasteiger partial charge in [-0.2, -0.15) is 0 Å². The molecular formula is C13H9NO4S. The van der Waals surface area contributed by atoms with Gasteiger partial charge in [0.1, 0.15) is 6.10 Å². The van der Waals surface area contributed by atoms with Crippen molar-refractivity contribution in [1.29, 1.82) is 0 Å². The molecule has 6 heteroatoms. The summed E-state index contributed by atoms with van der Waals surface area (Å²) in [7, 11) is 0. The van der Waals surface area contributed by atoms with Crippen LogP contribution < -0.4 is 0 Å². The van der Waals surface area contributed by atoms with Gasteiger partial charge in [-0.05, 0) is 29.1 Å². The number of nitrogens with zero attached hydrogens (tertiary/aromatic N) is 1. The number of Topliss-reactive ketones (excluding diaryl/α,β-unsaturated/α-hetero) is 1. The van der Waals surface area contributed by atoms with Gasteiger partial charge in [0, 0.05) is 12.1 Å². The Balaban J connectivity index is 1.73. The fourth-order valence-electron chi connectivity index (χ4n) is 1.91. The molecule has 0 saturated carbocycles. The maximum absolute atomic E-state index is 12.0. The van der Waals surface area contributed by atoms with Crippen molar-refractivity contribution in [3.8, 4) is 0 Å². The van der Waals surface area contributed by atoms with Gasteiger partial charge in [-0.1, -0.05) is 6.07 Å². The molecule has 1 saturated heterocycles. The Morgan fingerprint density at radius 3 is 2.58 bits per heavy atom. The van der Waals surface area contributed by atoms with Gasteiger partial charge >= 0.3 is 0 Å². The van der Waals surface area contributed by atoms with Crippen LogP contribution in [-0.2, 0) is 4.74 Å². The minimum atomic E-state index is -0.458. The molecule has 0 bridgehead atoms. The van der Waals surface area contributed by atoms with Crippen molar-refractivity contribution in [3.05, 3.63) is 62.3 Å². The van der Waals surface area contributed by atoms with Crippen molar-refractivity contribution in [2.45, 2.75) is 12.2 Å². The number of benzene rings is 1. The number of rotatable bonds is 4. The highest BCUT2D eigenvalue weighted by Crippen LogP contribution is 2.41. The van der Waals surface area contributed by atoms with Crippen molar-refractivity contribution in [3.63, 3.8) is 0 Å². The summed E-state index contributed by atoms with van der Waals surface area (Å²) in [5.74, 6) is -0.0293. The molecule has 0 spiro atoms. The normalized spacial score (nSPS) is 21.1. The Kier molecular flexibility index (Phi) is 2.88. The van der Waals surface area contributed by atoms with Crippen molar-refractivity contribution >= 4 is 22.8 Å². The Morgan fingerprint density at radius 2 is 2.00 bits per heavy atom. The number of carbonyl (C=O) groups excluding carboxylic acids is 1. The molecule has 96 valence electrons. The third kappa shape index (κ3) is 2.27. The number of nitro benzene ring substituents is 1. The smallest absolute Gasteiger partial charge is 0.269 e. The fourth-order valence-corrected chi connectivity index (χ4v) is 2.60. The topological polar surface area (TPSA) is 72.7 Å². The molecular weight excluding hydrogens is 266 g/mol. The minimum absolute atomic E-state index is 0.0293. The molecule has 3 rings (SSSR count). The van der Waals surface area contributed by atoms with Crippen molar-refractivity contribution in [1.82, 2.24) is 0 Å². The number of thiophene rings is 1. The average Bonchev–Trinajstić information content (AvgIpc) is 3.03. The Hall–Kier alpha value is -2.05. The highest BCUT2D eigenvalue weighted by Gasteiger charge is 2.46.